The average molecular weight is 470 g/mol. The molecule has 1 unspecified atom stereocenters. The lowest BCUT2D eigenvalue weighted by atomic mass is 9.95. The second-order valence-corrected chi connectivity index (χ2v) is 10.6. The van der Waals surface area contributed by atoms with Crippen LogP contribution in [-0.4, -0.2) is 15.2 Å². The van der Waals surface area contributed by atoms with E-state index in [0.717, 1.165) is 28.3 Å². The monoisotopic (exact) mass is 469 g/mol. The van der Waals surface area contributed by atoms with E-state index in [0.29, 0.717) is 5.56 Å². The Morgan fingerprint density at radius 1 is 0.848 bits per heavy atom. The Morgan fingerprint density at radius 3 is 2.15 bits per heavy atom. The number of alkyl halides is 3. The Labute approximate surface area is 195 Å². The zero-order valence-corrected chi connectivity index (χ0v) is 19.8. The summed E-state index contributed by atoms with van der Waals surface area (Å²) in [5.41, 5.74) is 3.63. The molecular weight excluding hydrogens is 443 g/mol. The second-order valence-electron chi connectivity index (χ2n) is 8.66. The summed E-state index contributed by atoms with van der Waals surface area (Å²) in [6, 6.07) is 19.4. The van der Waals surface area contributed by atoms with Crippen LogP contribution in [0.2, 0.25) is 0 Å². The van der Waals surface area contributed by atoms with Gasteiger partial charge in [0.05, 0.1) is 10.3 Å². The van der Waals surface area contributed by atoms with Gasteiger partial charge in [-0.05, 0) is 73.2 Å². The van der Waals surface area contributed by atoms with Gasteiger partial charge in [0.25, 0.3) is 0 Å². The van der Waals surface area contributed by atoms with E-state index in [1.54, 1.807) is 26.8 Å². The fraction of sp³-hybridized carbons (Fsp3) is 0.222. The molecule has 0 spiro atoms. The second kappa shape index (κ2) is 9.87. The molecule has 0 bridgehead atoms. The number of halogens is 3. The maximum atomic E-state index is 13.6. The highest BCUT2D eigenvalue weighted by atomic mass is 32.2. The molecule has 0 aliphatic carbocycles. The normalized spacial score (nSPS) is 13.7. The van der Waals surface area contributed by atoms with Crippen LogP contribution in [0.5, 0.6) is 0 Å². The summed E-state index contributed by atoms with van der Waals surface area (Å²) in [6.07, 6.45) is 0.0310. The number of rotatable bonds is 5. The van der Waals surface area contributed by atoms with Crippen molar-refractivity contribution in [3.05, 3.63) is 94.5 Å². The van der Waals surface area contributed by atoms with Gasteiger partial charge in [-0.2, -0.15) is 17.6 Å². The molecular formula is C27H26F3NOS. The van der Waals surface area contributed by atoms with Gasteiger partial charge in [-0.1, -0.05) is 66.7 Å². The lowest BCUT2D eigenvalue weighted by Gasteiger charge is -2.13. The van der Waals surface area contributed by atoms with Gasteiger partial charge >= 0.3 is 6.18 Å². The van der Waals surface area contributed by atoms with Crippen molar-refractivity contribution in [2.45, 2.75) is 38.6 Å². The minimum Gasteiger partial charge on any atom is -0.234 e. The van der Waals surface area contributed by atoms with Crippen LogP contribution >= 0.6 is 0 Å². The molecule has 0 aromatic heterocycles. The number of benzene rings is 3. The summed E-state index contributed by atoms with van der Waals surface area (Å²) in [4.78, 5) is 0. The van der Waals surface area contributed by atoms with Gasteiger partial charge in [-0.25, -0.2) is 4.21 Å². The summed E-state index contributed by atoms with van der Waals surface area (Å²) in [5, 5.41) is 0. The summed E-state index contributed by atoms with van der Waals surface area (Å²) >= 11 is 0. The van der Waals surface area contributed by atoms with Crippen molar-refractivity contribution in [3.63, 3.8) is 0 Å². The molecule has 3 aromatic rings. The largest absolute Gasteiger partial charge is 0.416 e. The predicted molar refractivity (Wildman–Crippen MR) is 132 cm³/mol. The van der Waals surface area contributed by atoms with Crippen LogP contribution in [-0.2, 0) is 17.2 Å². The Balaban J connectivity index is 2.00. The van der Waals surface area contributed by atoms with E-state index in [1.807, 2.05) is 55.5 Å². The summed E-state index contributed by atoms with van der Waals surface area (Å²) in [5.74, 6) is 0. The molecule has 0 aliphatic rings. The van der Waals surface area contributed by atoms with Gasteiger partial charge in [-0.15, -0.1) is 0 Å². The molecule has 0 N–H and O–H groups in total. The first kappa shape index (κ1) is 24.6. The fourth-order valence-electron chi connectivity index (χ4n) is 3.27. The summed E-state index contributed by atoms with van der Waals surface area (Å²) < 4.78 is 56.5. The van der Waals surface area contributed by atoms with E-state index in [4.69, 9.17) is 0 Å². The Morgan fingerprint density at radius 2 is 1.52 bits per heavy atom. The van der Waals surface area contributed by atoms with Crippen molar-refractivity contribution in [1.29, 1.82) is 0 Å². The first-order chi connectivity index (χ1) is 15.5. The van der Waals surface area contributed by atoms with Crippen LogP contribution in [0.15, 0.2) is 71.1 Å². The highest BCUT2D eigenvalue weighted by molar-refractivity contribution is 7.85. The van der Waals surface area contributed by atoms with E-state index in [9.17, 15) is 17.4 Å². The first-order valence-electron chi connectivity index (χ1n) is 10.5. The van der Waals surface area contributed by atoms with Crippen molar-refractivity contribution in [2.75, 3.05) is 0 Å². The van der Waals surface area contributed by atoms with Crippen molar-refractivity contribution in [3.8, 4) is 11.1 Å². The standard InChI is InChI=1S/C27H26F3NOS/c1-19-21(11-8-12-24(19)22-9-6-5-7-10-22)14-15-23-17-20(13-16-25(23)27(28,29)30)18-31-33(32)26(2,3)4/h5-18H,1-4H3/b15-14+,31-18+. The lowest BCUT2D eigenvalue weighted by molar-refractivity contribution is -0.137. The first-order valence-corrected chi connectivity index (χ1v) is 11.6. The minimum absolute atomic E-state index is 0.0255. The van der Waals surface area contributed by atoms with Crippen LogP contribution in [0.25, 0.3) is 23.3 Å². The van der Waals surface area contributed by atoms with Crippen LogP contribution < -0.4 is 0 Å². The molecule has 1 atom stereocenters. The maximum Gasteiger partial charge on any atom is 0.416 e. The molecule has 0 amide bonds. The molecule has 0 aliphatic heterocycles. The van der Waals surface area contributed by atoms with E-state index in [1.165, 1.54) is 24.4 Å². The van der Waals surface area contributed by atoms with Gasteiger partial charge in [0, 0.05) is 6.21 Å². The summed E-state index contributed by atoms with van der Waals surface area (Å²) in [6.45, 7) is 7.31. The predicted octanol–water partition coefficient (Wildman–Crippen LogP) is 7.73. The van der Waals surface area contributed by atoms with E-state index in [-0.39, 0.29) is 5.56 Å². The van der Waals surface area contributed by atoms with Crippen LogP contribution in [0, 0.1) is 6.92 Å². The molecule has 0 radical (unpaired) electrons. The fourth-order valence-corrected chi connectivity index (χ4v) is 3.80. The molecule has 0 heterocycles. The number of hydrogen-bond donors (Lipinski definition) is 0. The zero-order chi connectivity index (χ0) is 24.2. The third-order valence-electron chi connectivity index (χ3n) is 5.11. The van der Waals surface area contributed by atoms with Gasteiger partial charge in [0.1, 0.15) is 11.0 Å². The third kappa shape index (κ3) is 6.29. The van der Waals surface area contributed by atoms with Crippen LogP contribution in [0.3, 0.4) is 0 Å². The third-order valence-corrected chi connectivity index (χ3v) is 6.45. The molecule has 0 saturated heterocycles. The van der Waals surface area contributed by atoms with Crippen LogP contribution in [0.4, 0.5) is 13.2 Å². The Hall–Kier alpha value is -2.99. The zero-order valence-electron chi connectivity index (χ0n) is 19.0. The van der Waals surface area contributed by atoms with Crippen molar-refractivity contribution in [2.24, 2.45) is 4.40 Å². The smallest absolute Gasteiger partial charge is 0.234 e. The number of nitrogens with zero attached hydrogens (tertiary/aromatic N) is 1. The molecule has 6 heteroatoms. The quantitative estimate of drug-likeness (QED) is 0.278. The minimum atomic E-state index is -4.50. The highest BCUT2D eigenvalue weighted by Gasteiger charge is 2.32. The molecule has 0 fully saturated rings. The van der Waals surface area contributed by atoms with Gasteiger partial charge in [0.2, 0.25) is 0 Å². The molecule has 3 aromatic carbocycles. The van der Waals surface area contributed by atoms with Crippen LogP contribution in [0.1, 0.15) is 48.6 Å². The Bertz CT molecular complexity index is 1210. The van der Waals surface area contributed by atoms with E-state index in [2.05, 4.69) is 4.40 Å². The molecule has 3 rings (SSSR count). The number of hydrogen-bond acceptors (Lipinski definition) is 1. The van der Waals surface area contributed by atoms with E-state index < -0.39 is 27.5 Å². The van der Waals surface area contributed by atoms with E-state index >= 15 is 0 Å². The van der Waals surface area contributed by atoms with Crippen molar-refractivity contribution in [1.82, 2.24) is 0 Å². The average Bonchev–Trinajstić information content (AvgIpc) is 2.76. The summed E-state index contributed by atoms with van der Waals surface area (Å²) in [7, 11) is -1.50. The SMILES string of the molecule is Cc1c(/C=C/c2cc(/C=N/S(=O)C(C)(C)C)ccc2C(F)(F)F)cccc1-c1ccccc1. The van der Waals surface area contributed by atoms with Crippen molar-refractivity contribution >= 4 is 29.4 Å². The Kier molecular flexibility index (Phi) is 7.38. The molecule has 172 valence electrons. The highest BCUT2D eigenvalue weighted by Crippen LogP contribution is 2.34. The van der Waals surface area contributed by atoms with Gasteiger partial charge in [0.15, 0.2) is 0 Å². The van der Waals surface area contributed by atoms with Gasteiger partial charge < -0.3 is 0 Å². The molecule has 2 nitrogen and oxygen atoms in total. The molecule has 0 saturated carbocycles. The molecule has 33 heavy (non-hydrogen) atoms. The topological polar surface area (TPSA) is 29.4 Å². The lowest BCUT2D eigenvalue weighted by Crippen LogP contribution is -2.19. The van der Waals surface area contributed by atoms with Crippen molar-refractivity contribution < 1.29 is 17.4 Å². The maximum absolute atomic E-state index is 13.6. The van der Waals surface area contributed by atoms with Gasteiger partial charge in [-0.3, -0.25) is 0 Å².